The first kappa shape index (κ1) is 17.8. The van der Waals surface area contributed by atoms with Crippen molar-refractivity contribution in [1.82, 2.24) is 10.3 Å². The molecule has 2 N–H and O–H groups in total. The number of aromatic amines is 1. The monoisotopic (exact) mass is 377 g/mol. The van der Waals surface area contributed by atoms with Gasteiger partial charge in [-0.25, -0.2) is 4.79 Å². The fourth-order valence-corrected chi connectivity index (χ4v) is 2.70. The van der Waals surface area contributed by atoms with Crippen LogP contribution in [0.25, 0.3) is 0 Å². The molecule has 1 aromatic carbocycles. The Labute approximate surface area is 154 Å². The lowest BCUT2D eigenvalue weighted by molar-refractivity contribution is -0.128. The van der Waals surface area contributed by atoms with Gasteiger partial charge in [0, 0.05) is 13.2 Å². The predicted octanol–water partition coefficient (Wildman–Crippen LogP) is 1.37. The summed E-state index contributed by atoms with van der Waals surface area (Å²) in [5.74, 6) is -1.12. The highest BCUT2D eigenvalue weighted by atomic mass is 35.5. The third-order valence-electron chi connectivity index (χ3n) is 3.81. The second-order valence-electron chi connectivity index (χ2n) is 5.50. The number of para-hydroxylation sites is 2. The van der Waals surface area contributed by atoms with E-state index in [0.717, 1.165) is 0 Å². The smallest absolute Gasteiger partial charge is 0.355 e. The third-order valence-corrected chi connectivity index (χ3v) is 4.03. The number of likely N-dealkylation sites (N-methyl/N-ethyl adjacent to an activating group) is 1. The molecule has 136 valence electrons. The molecule has 8 nitrogen and oxygen atoms in total. The maximum absolute atomic E-state index is 12.6. The number of carbonyl (C=O) groups is 3. The van der Waals surface area contributed by atoms with Gasteiger partial charge in [0.1, 0.15) is 11.4 Å². The van der Waals surface area contributed by atoms with Crippen LogP contribution in [0, 0.1) is 0 Å². The molecule has 1 aliphatic heterocycles. The number of H-pyrrole nitrogens is 1. The normalized spacial score (nSPS) is 15.6. The molecule has 0 saturated heterocycles. The first-order chi connectivity index (χ1) is 12.5. The van der Waals surface area contributed by atoms with Gasteiger partial charge in [-0.2, -0.15) is 0 Å². The Morgan fingerprint density at radius 3 is 2.85 bits per heavy atom. The number of halogens is 1. The summed E-state index contributed by atoms with van der Waals surface area (Å²) < 4.78 is 10.7. The standard InChI is InChI=1S/C17H16ClN3O5/c1-19-16(23)14-8-21(12-4-2-3-5-13(12)26-14)15(22)9-25-17(24)11-6-10(18)7-20-11/h2-7,14,20H,8-9H2,1H3,(H,19,23). The maximum Gasteiger partial charge on any atom is 0.355 e. The minimum Gasteiger partial charge on any atom is -0.477 e. The van der Waals surface area contributed by atoms with Crippen LogP contribution in [0.5, 0.6) is 5.75 Å². The van der Waals surface area contributed by atoms with E-state index in [1.54, 1.807) is 24.3 Å². The zero-order valence-corrected chi connectivity index (χ0v) is 14.6. The van der Waals surface area contributed by atoms with Gasteiger partial charge in [-0.1, -0.05) is 23.7 Å². The zero-order chi connectivity index (χ0) is 18.7. The number of nitrogens with zero attached hydrogens (tertiary/aromatic N) is 1. The molecule has 1 aliphatic rings. The number of anilines is 1. The number of carbonyl (C=O) groups excluding carboxylic acids is 3. The molecule has 0 spiro atoms. The van der Waals surface area contributed by atoms with E-state index in [4.69, 9.17) is 21.1 Å². The number of esters is 1. The summed E-state index contributed by atoms with van der Waals surface area (Å²) >= 11 is 5.74. The van der Waals surface area contributed by atoms with Gasteiger partial charge in [0.2, 0.25) is 0 Å². The van der Waals surface area contributed by atoms with E-state index >= 15 is 0 Å². The number of rotatable bonds is 4. The molecule has 0 radical (unpaired) electrons. The fourth-order valence-electron chi connectivity index (χ4n) is 2.54. The topological polar surface area (TPSA) is 101 Å². The van der Waals surface area contributed by atoms with E-state index in [0.29, 0.717) is 16.5 Å². The van der Waals surface area contributed by atoms with Crippen LogP contribution in [0.3, 0.4) is 0 Å². The number of ether oxygens (including phenoxy) is 2. The van der Waals surface area contributed by atoms with Crippen molar-refractivity contribution in [3.63, 3.8) is 0 Å². The molecule has 1 unspecified atom stereocenters. The summed E-state index contributed by atoms with van der Waals surface area (Å²) in [5, 5.41) is 2.86. The first-order valence-electron chi connectivity index (χ1n) is 7.78. The molecule has 0 bridgehead atoms. The van der Waals surface area contributed by atoms with Crippen molar-refractivity contribution < 1.29 is 23.9 Å². The van der Waals surface area contributed by atoms with Crippen molar-refractivity contribution in [3.05, 3.63) is 47.2 Å². The third kappa shape index (κ3) is 3.65. The predicted molar refractivity (Wildman–Crippen MR) is 93.4 cm³/mol. The Morgan fingerprint density at radius 1 is 1.38 bits per heavy atom. The SMILES string of the molecule is CNC(=O)C1CN(C(=O)COC(=O)c2cc(Cl)c[nH]2)c2ccccc2O1. The molecule has 26 heavy (non-hydrogen) atoms. The van der Waals surface area contributed by atoms with Crippen molar-refractivity contribution >= 4 is 35.1 Å². The summed E-state index contributed by atoms with van der Waals surface area (Å²) in [6.45, 7) is -0.467. The molecule has 0 saturated carbocycles. The summed E-state index contributed by atoms with van der Waals surface area (Å²) in [5.41, 5.74) is 0.657. The van der Waals surface area contributed by atoms with Crippen molar-refractivity contribution in [2.24, 2.45) is 0 Å². The second kappa shape index (κ2) is 7.49. The molecule has 0 aliphatic carbocycles. The van der Waals surface area contributed by atoms with Gasteiger partial charge < -0.3 is 24.7 Å². The Bertz CT molecular complexity index is 850. The molecule has 2 heterocycles. The molecule has 0 fully saturated rings. The first-order valence-corrected chi connectivity index (χ1v) is 8.16. The van der Waals surface area contributed by atoms with Gasteiger partial charge in [-0.15, -0.1) is 0 Å². The van der Waals surface area contributed by atoms with E-state index in [1.807, 2.05) is 0 Å². The van der Waals surface area contributed by atoms with E-state index in [9.17, 15) is 14.4 Å². The maximum atomic E-state index is 12.6. The van der Waals surface area contributed by atoms with E-state index in [2.05, 4.69) is 10.3 Å². The van der Waals surface area contributed by atoms with Gasteiger partial charge in [-0.3, -0.25) is 9.59 Å². The summed E-state index contributed by atoms with van der Waals surface area (Å²) in [6, 6.07) is 8.25. The Morgan fingerprint density at radius 2 is 2.15 bits per heavy atom. The van der Waals surface area contributed by atoms with Crippen LogP contribution < -0.4 is 15.0 Å². The Balaban J connectivity index is 1.72. The van der Waals surface area contributed by atoms with E-state index < -0.39 is 24.6 Å². The number of hydrogen-bond acceptors (Lipinski definition) is 5. The van der Waals surface area contributed by atoms with Crippen LogP contribution in [0.1, 0.15) is 10.5 Å². The van der Waals surface area contributed by atoms with Crippen LogP contribution >= 0.6 is 11.6 Å². The summed E-state index contributed by atoms with van der Waals surface area (Å²) in [7, 11) is 1.49. The quantitative estimate of drug-likeness (QED) is 0.784. The van der Waals surface area contributed by atoms with Crippen LogP contribution in [0.2, 0.25) is 5.02 Å². The molecular formula is C17H16ClN3O5. The molecular weight excluding hydrogens is 362 g/mol. The van der Waals surface area contributed by atoms with Crippen LogP contribution in [-0.4, -0.2) is 49.1 Å². The van der Waals surface area contributed by atoms with Crippen molar-refractivity contribution in [1.29, 1.82) is 0 Å². The van der Waals surface area contributed by atoms with E-state index in [1.165, 1.54) is 24.2 Å². The number of fused-ring (bicyclic) bond motifs is 1. The molecule has 2 amide bonds. The minimum absolute atomic E-state index is 0.0153. The Hall–Kier alpha value is -3.00. The highest BCUT2D eigenvalue weighted by molar-refractivity contribution is 6.30. The molecule has 1 atom stereocenters. The molecule has 1 aromatic heterocycles. The van der Waals surface area contributed by atoms with Gasteiger partial charge in [0.05, 0.1) is 17.3 Å². The van der Waals surface area contributed by atoms with Gasteiger partial charge >= 0.3 is 5.97 Å². The second-order valence-corrected chi connectivity index (χ2v) is 5.94. The van der Waals surface area contributed by atoms with Crippen molar-refractivity contribution in [2.45, 2.75) is 6.10 Å². The van der Waals surface area contributed by atoms with Gasteiger partial charge in [-0.05, 0) is 18.2 Å². The number of nitrogens with one attached hydrogen (secondary N) is 2. The van der Waals surface area contributed by atoms with Gasteiger partial charge in [0.15, 0.2) is 12.7 Å². The lowest BCUT2D eigenvalue weighted by atomic mass is 10.1. The average molecular weight is 378 g/mol. The molecule has 2 aromatic rings. The lowest BCUT2D eigenvalue weighted by Crippen LogP contribution is -2.51. The van der Waals surface area contributed by atoms with Crippen molar-refractivity contribution in [2.75, 3.05) is 25.1 Å². The number of amides is 2. The summed E-state index contributed by atoms with van der Waals surface area (Å²) in [6.07, 6.45) is 0.586. The largest absolute Gasteiger partial charge is 0.477 e. The number of benzene rings is 1. The highest BCUT2D eigenvalue weighted by Crippen LogP contribution is 2.33. The van der Waals surface area contributed by atoms with Crippen LogP contribution in [-0.2, 0) is 14.3 Å². The molecule has 9 heteroatoms. The highest BCUT2D eigenvalue weighted by Gasteiger charge is 2.33. The minimum atomic E-state index is -0.850. The van der Waals surface area contributed by atoms with Crippen LogP contribution in [0.4, 0.5) is 5.69 Å². The number of aromatic nitrogens is 1. The fraction of sp³-hybridized carbons (Fsp3) is 0.235. The summed E-state index contributed by atoms with van der Waals surface area (Å²) in [4.78, 5) is 40.5. The lowest BCUT2D eigenvalue weighted by Gasteiger charge is -2.33. The van der Waals surface area contributed by atoms with E-state index in [-0.39, 0.29) is 18.1 Å². The average Bonchev–Trinajstić information content (AvgIpc) is 3.10. The zero-order valence-electron chi connectivity index (χ0n) is 13.8. The molecule has 3 rings (SSSR count). The Kier molecular flexibility index (Phi) is 5.13. The van der Waals surface area contributed by atoms with Crippen molar-refractivity contribution in [3.8, 4) is 5.75 Å². The number of hydrogen-bond donors (Lipinski definition) is 2. The van der Waals surface area contributed by atoms with Gasteiger partial charge in [0.25, 0.3) is 11.8 Å². The van der Waals surface area contributed by atoms with Crippen LogP contribution in [0.15, 0.2) is 36.5 Å².